The molecule has 0 amide bonds. The topological polar surface area (TPSA) is 20.3 Å². The zero-order chi connectivity index (χ0) is 14.7. The summed E-state index contributed by atoms with van der Waals surface area (Å²) in [5, 5.41) is 0. The molecule has 2 rings (SSSR count). The van der Waals surface area contributed by atoms with Gasteiger partial charge in [0.15, 0.2) is 5.78 Å². The van der Waals surface area contributed by atoms with Crippen molar-refractivity contribution in [3.05, 3.63) is 58.3 Å². The third-order valence-corrected chi connectivity index (χ3v) is 3.72. The molecule has 0 aliphatic carbocycles. The summed E-state index contributed by atoms with van der Waals surface area (Å²) in [5.74, 6) is -0.247. The van der Waals surface area contributed by atoms with E-state index in [0.29, 0.717) is 12.1 Å². The Morgan fingerprint density at radius 2 is 2.00 bits per heavy atom. The second-order valence-electron chi connectivity index (χ2n) is 4.45. The maximum Gasteiger partial charge on any atom is 0.159 e. The lowest BCUT2D eigenvalue weighted by Gasteiger charge is -2.24. The molecule has 0 bridgehead atoms. The number of nitrogens with zero attached hydrogens (tertiary/aromatic N) is 1. The molecule has 20 heavy (non-hydrogen) atoms. The Labute approximate surface area is 126 Å². The van der Waals surface area contributed by atoms with Gasteiger partial charge in [0.25, 0.3) is 0 Å². The zero-order valence-corrected chi connectivity index (χ0v) is 12.9. The van der Waals surface area contributed by atoms with Crippen molar-refractivity contribution < 1.29 is 9.18 Å². The fourth-order valence-corrected chi connectivity index (χ4v) is 2.67. The second kappa shape index (κ2) is 6.18. The summed E-state index contributed by atoms with van der Waals surface area (Å²) >= 11 is 3.49. The molecule has 0 atom stereocenters. The van der Waals surface area contributed by atoms with Crippen molar-refractivity contribution in [3.63, 3.8) is 0 Å². The van der Waals surface area contributed by atoms with Crippen LogP contribution in [-0.4, -0.2) is 12.3 Å². The highest BCUT2D eigenvalue weighted by Gasteiger charge is 2.12. The van der Waals surface area contributed by atoms with Gasteiger partial charge in [-0.2, -0.15) is 0 Å². The highest BCUT2D eigenvalue weighted by atomic mass is 79.9. The van der Waals surface area contributed by atoms with Gasteiger partial charge in [-0.15, -0.1) is 0 Å². The maximum atomic E-state index is 13.4. The molecule has 0 aromatic heterocycles. The molecule has 0 fully saturated rings. The van der Waals surface area contributed by atoms with Crippen molar-refractivity contribution in [2.24, 2.45) is 0 Å². The van der Waals surface area contributed by atoms with Gasteiger partial charge in [0.2, 0.25) is 0 Å². The zero-order valence-electron chi connectivity index (χ0n) is 11.4. The molecule has 0 heterocycles. The van der Waals surface area contributed by atoms with Crippen LogP contribution in [0.5, 0.6) is 0 Å². The summed E-state index contributed by atoms with van der Waals surface area (Å²) in [6.45, 7) is 4.23. The lowest BCUT2D eigenvalue weighted by molar-refractivity contribution is 0.101. The van der Waals surface area contributed by atoms with Gasteiger partial charge in [-0.1, -0.05) is 6.07 Å². The van der Waals surface area contributed by atoms with Crippen LogP contribution >= 0.6 is 15.9 Å². The summed E-state index contributed by atoms with van der Waals surface area (Å²) < 4.78 is 14.2. The van der Waals surface area contributed by atoms with Crippen LogP contribution in [0.3, 0.4) is 0 Å². The van der Waals surface area contributed by atoms with E-state index in [1.807, 2.05) is 24.0 Å². The molecule has 4 heteroatoms. The largest absolute Gasteiger partial charge is 0.341 e. The van der Waals surface area contributed by atoms with E-state index >= 15 is 0 Å². The van der Waals surface area contributed by atoms with Crippen molar-refractivity contribution >= 4 is 33.1 Å². The quantitative estimate of drug-likeness (QED) is 0.737. The number of Topliss-reactive ketones (excluding diaryl/α,β-unsaturated/α-hetero) is 1. The molecule has 0 aliphatic rings. The SMILES string of the molecule is CCN(c1cccc(F)c1)c1ccc(C(C)=O)cc1Br. The van der Waals surface area contributed by atoms with Crippen LogP contribution in [0.1, 0.15) is 24.2 Å². The fourth-order valence-electron chi connectivity index (χ4n) is 2.08. The van der Waals surface area contributed by atoms with E-state index < -0.39 is 0 Å². The van der Waals surface area contributed by atoms with Crippen molar-refractivity contribution in [3.8, 4) is 0 Å². The van der Waals surface area contributed by atoms with E-state index in [1.165, 1.54) is 19.1 Å². The number of benzene rings is 2. The van der Waals surface area contributed by atoms with Crippen molar-refractivity contribution in [1.29, 1.82) is 0 Å². The number of hydrogen-bond donors (Lipinski definition) is 0. The Kier molecular flexibility index (Phi) is 4.55. The Morgan fingerprint density at radius 1 is 1.25 bits per heavy atom. The number of hydrogen-bond acceptors (Lipinski definition) is 2. The highest BCUT2D eigenvalue weighted by Crippen LogP contribution is 2.33. The normalized spacial score (nSPS) is 10.4. The number of halogens is 2. The Bertz CT molecular complexity index is 642. The molecule has 0 unspecified atom stereocenters. The molecular formula is C16H15BrFNO. The van der Waals surface area contributed by atoms with Crippen LogP contribution in [0.2, 0.25) is 0 Å². The minimum absolute atomic E-state index is 0.0195. The average Bonchev–Trinajstić information content (AvgIpc) is 2.41. The van der Waals surface area contributed by atoms with Gasteiger partial charge in [-0.05, 0) is 66.2 Å². The predicted molar refractivity (Wildman–Crippen MR) is 83.2 cm³/mol. The molecule has 0 spiro atoms. The van der Waals surface area contributed by atoms with E-state index in [0.717, 1.165) is 15.8 Å². The lowest BCUT2D eigenvalue weighted by Crippen LogP contribution is -2.16. The summed E-state index contributed by atoms with van der Waals surface area (Å²) in [4.78, 5) is 13.4. The summed E-state index contributed by atoms with van der Waals surface area (Å²) in [6, 6.07) is 11.9. The number of ketones is 1. The Morgan fingerprint density at radius 3 is 2.55 bits per heavy atom. The van der Waals surface area contributed by atoms with Gasteiger partial charge in [0.05, 0.1) is 5.69 Å². The minimum atomic E-state index is -0.266. The van der Waals surface area contributed by atoms with Crippen LogP contribution in [-0.2, 0) is 0 Å². The predicted octanol–water partition coefficient (Wildman–Crippen LogP) is 4.95. The molecule has 0 N–H and O–H groups in total. The van der Waals surface area contributed by atoms with Gasteiger partial charge in [-0.3, -0.25) is 4.79 Å². The van der Waals surface area contributed by atoms with Crippen LogP contribution in [0.15, 0.2) is 46.9 Å². The third-order valence-electron chi connectivity index (χ3n) is 3.08. The highest BCUT2D eigenvalue weighted by molar-refractivity contribution is 9.10. The van der Waals surface area contributed by atoms with Crippen molar-refractivity contribution in [1.82, 2.24) is 0 Å². The maximum absolute atomic E-state index is 13.4. The second-order valence-corrected chi connectivity index (χ2v) is 5.30. The van der Waals surface area contributed by atoms with Crippen LogP contribution in [0, 0.1) is 5.82 Å². The first kappa shape index (κ1) is 14.7. The average molecular weight is 336 g/mol. The Hall–Kier alpha value is -1.68. The molecule has 2 nitrogen and oxygen atoms in total. The molecule has 104 valence electrons. The fraction of sp³-hybridized carbons (Fsp3) is 0.188. The smallest absolute Gasteiger partial charge is 0.159 e. The van der Waals surface area contributed by atoms with E-state index in [-0.39, 0.29) is 11.6 Å². The Balaban J connectivity index is 2.44. The molecule has 2 aromatic rings. The first-order valence-corrected chi connectivity index (χ1v) is 7.16. The van der Waals surface area contributed by atoms with E-state index in [4.69, 9.17) is 0 Å². The number of rotatable bonds is 4. The molecular weight excluding hydrogens is 321 g/mol. The number of anilines is 2. The van der Waals surface area contributed by atoms with Crippen molar-refractivity contribution in [2.45, 2.75) is 13.8 Å². The standard InChI is InChI=1S/C16H15BrFNO/c1-3-19(14-6-4-5-13(18)10-14)16-8-7-12(11(2)20)9-15(16)17/h4-10H,3H2,1-2H3. The summed E-state index contributed by atoms with van der Waals surface area (Å²) in [6.07, 6.45) is 0. The van der Waals surface area contributed by atoms with E-state index in [2.05, 4.69) is 15.9 Å². The monoisotopic (exact) mass is 335 g/mol. The van der Waals surface area contributed by atoms with Crippen LogP contribution in [0.25, 0.3) is 0 Å². The van der Waals surface area contributed by atoms with Crippen molar-refractivity contribution in [2.75, 3.05) is 11.4 Å². The third kappa shape index (κ3) is 3.07. The molecule has 2 aromatic carbocycles. The van der Waals surface area contributed by atoms with Gasteiger partial charge in [0.1, 0.15) is 5.82 Å². The van der Waals surface area contributed by atoms with Gasteiger partial charge >= 0.3 is 0 Å². The van der Waals surface area contributed by atoms with Crippen LogP contribution < -0.4 is 4.90 Å². The molecule has 0 radical (unpaired) electrons. The van der Waals surface area contributed by atoms with Crippen LogP contribution in [0.4, 0.5) is 15.8 Å². The molecule has 0 saturated heterocycles. The summed E-state index contributed by atoms with van der Waals surface area (Å²) in [5.41, 5.74) is 2.34. The first-order valence-electron chi connectivity index (χ1n) is 6.36. The first-order chi connectivity index (χ1) is 9.52. The van der Waals surface area contributed by atoms with E-state index in [1.54, 1.807) is 18.2 Å². The minimum Gasteiger partial charge on any atom is -0.341 e. The molecule has 0 saturated carbocycles. The number of carbonyl (C=O) groups excluding carboxylic acids is 1. The van der Waals surface area contributed by atoms with E-state index in [9.17, 15) is 9.18 Å². The molecule has 0 aliphatic heterocycles. The lowest BCUT2D eigenvalue weighted by atomic mass is 10.1. The van der Waals surface area contributed by atoms with Gasteiger partial charge in [0, 0.05) is 22.3 Å². The van der Waals surface area contributed by atoms with Gasteiger partial charge < -0.3 is 4.90 Å². The summed E-state index contributed by atoms with van der Waals surface area (Å²) in [7, 11) is 0. The number of carbonyl (C=O) groups is 1. The van der Waals surface area contributed by atoms with Gasteiger partial charge in [-0.25, -0.2) is 4.39 Å².